The van der Waals surface area contributed by atoms with Gasteiger partial charge in [-0.25, -0.2) is 0 Å². The zero-order valence-electron chi connectivity index (χ0n) is 8.20. The molecule has 0 aliphatic heterocycles. The fourth-order valence-electron chi connectivity index (χ4n) is 1.70. The van der Waals surface area contributed by atoms with Crippen molar-refractivity contribution in [1.82, 2.24) is 10.2 Å². The number of benzene rings is 1. The van der Waals surface area contributed by atoms with Gasteiger partial charge in [-0.15, -0.1) is 0 Å². The van der Waals surface area contributed by atoms with Crippen molar-refractivity contribution in [3.8, 4) is 11.1 Å². The van der Waals surface area contributed by atoms with E-state index in [1.807, 2.05) is 18.2 Å². The third kappa shape index (κ3) is 1.27. The molecule has 0 amide bonds. The van der Waals surface area contributed by atoms with Crippen molar-refractivity contribution in [2.45, 2.75) is 0 Å². The topological polar surface area (TPSA) is 67.8 Å². The van der Waals surface area contributed by atoms with Gasteiger partial charge in [-0.05, 0) is 18.2 Å². The van der Waals surface area contributed by atoms with Gasteiger partial charge in [0.2, 0.25) is 0 Å². The lowest BCUT2D eigenvalue weighted by Gasteiger charge is -2.01. The van der Waals surface area contributed by atoms with Crippen molar-refractivity contribution < 1.29 is 4.42 Å². The van der Waals surface area contributed by atoms with Crippen LogP contribution >= 0.6 is 11.6 Å². The summed E-state index contributed by atoms with van der Waals surface area (Å²) in [7, 11) is 0. The highest BCUT2D eigenvalue weighted by Gasteiger charge is 2.10. The molecule has 2 aromatic heterocycles. The smallest absolute Gasteiger partial charge is 0.153 e. The maximum absolute atomic E-state index is 6.17. The predicted molar refractivity (Wildman–Crippen MR) is 63.2 cm³/mol. The lowest BCUT2D eigenvalue weighted by atomic mass is 10.1. The number of nitrogens with one attached hydrogen (secondary N) is 1. The molecule has 3 N–H and O–H groups in total. The highest BCUT2D eigenvalue weighted by atomic mass is 35.5. The van der Waals surface area contributed by atoms with Crippen LogP contribution in [-0.2, 0) is 0 Å². The number of hydrogen-bond donors (Lipinski definition) is 2. The van der Waals surface area contributed by atoms with Gasteiger partial charge in [0, 0.05) is 16.5 Å². The third-order valence-corrected chi connectivity index (χ3v) is 2.82. The van der Waals surface area contributed by atoms with Crippen LogP contribution in [0.3, 0.4) is 0 Å². The molecular formula is C11H8ClN3O. The van der Waals surface area contributed by atoms with E-state index in [2.05, 4.69) is 10.2 Å². The molecular weight excluding hydrogens is 226 g/mol. The van der Waals surface area contributed by atoms with E-state index in [4.69, 9.17) is 21.8 Å². The minimum atomic E-state index is 0.469. The van der Waals surface area contributed by atoms with E-state index in [1.165, 1.54) is 0 Å². The molecule has 4 nitrogen and oxygen atoms in total. The van der Waals surface area contributed by atoms with Crippen LogP contribution in [0.4, 0.5) is 5.82 Å². The molecule has 0 radical (unpaired) electrons. The van der Waals surface area contributed by atoms with Gasteiger partial charge in [-0.3, -0.25) is 5.10 Å². The number of nitrogens with two attached hydrogens (primary N) is 1. The Morgan fingerprint density at radius 2 is 2.25 bits per heavy atom. The largest absolute Gasteiger partial charge is 0.472 e. The Labute approximate surface area is 96.0 Å². The normalized spacial score (nSPS) is 11.1. The van der Waals surface area contributed by atoms with Crippen LogP contribution in [0.15, 0.2) is 35.1 Å². The zero-order chi connectivity index (χ0) is 11.1. The average Bonchev–Trinajstić information content (AvgIpc) is 2.88. The highest BCUT2D eigenvalue weighted by Crippen LogP contribution is 2.33. The summed E-state index contributed by atoms with van der Waals surface area (Å²) in [6, 6.07) is 5.56. The van der Waals surface area contributed by atoms with Crippen molar-refractivity contribution in [2.24, 2.45) is 0 Å². The number of hydrogen-bond acceptors (Lipinski definition) is 3. The number of halogens is 1. The van der Waals surface area contributed by atoms with Crippen LogP contribution in [0.2, 0.25) is 5.02 Å². The summed E-state index contributed by atoms with van der Waals surface area (Å²) >= 11 is 6.17. The molecule has 0 bridgehead atoms. The molecule has 0 unspecified atom stereocenters. The molecule has 5 heteroatoms. The second-order valence-electron chi connectivity index (χ2n) is 3.50. The van der Waals surface area contributed by atoms with Gasteiger partial charge in [-0.2, -0.15) is 5.10 Å². The number of aromatic amines is 1. The van der Waals surface area contributed by atoms with Gasteiger partial charge in [0.15, 0.2) is 5.82 Å². The van der Waals surface area contributed by atoms with E-state index < -0.39 is 0 Å². The van der Waals surface area contributed by atoms with E-state index >= 15 is 0 Å². The van der Waals surface area contributed by atoms with Crippen LogP contribution in [0.1, 0.15) is 0 Å². The maximum Gasteiger partial charge on any atom is 0.153 e. The minimum Gasteiger partial charge on any atom is -0.472 e. The van der Waals surface area contributed by atoms with E-state index in [0.717, 1.165) is 22.0 Å². The van der Waals surface area contributed by atoms with Gasteiger partial charge in [-0.1, -0.05) is 11.6 Å². The molecule has 2 heterocycles. The Balaban J connectivity index is 2.32. The number of furan rings is 1. The lowest BCUT2D eigenvalue weighted by Crippen LogP contribution is -1.84. The fraction of sp³-hybridized carbons (Fsp3) is 0. The molecule has 3 aromatic rings. The van der Waals surface area contributed by atoms with Crippen molar-refractivity contribution in [3.63, 3.8) is 0 Å². The molecule has 16 heavy (non-hydrogen) atoms. The van der Waals surface area contributed by atoms with Gasteiger partial charge >= 0.3 is 0 Å². The van der Waals surface area contributed by atoms with Crippen LogP contribution in [0.25, 0.3) is 22.0 Å². The molecule has 0 aliphatic carbocycles. The lowest BCUT2D eigenvalue weighted by molar-refractivity contribution is 0.568. The molecule has 3 rings (SSSR count). The van der Waals surface area contributed by atoms with Crippen molar-refractivity contribution in [2.75, 3.05) is 5.73 Å². The summed E-state index contributed by atoms with van der Waals surface area (Å²) in [6.45, 7) is 0. The average molecular weight is 234 g/mol. The van der Waals surface area contributed by atoms with Gasteiger partial charge in [0.1, 0.15) is 0 Å². The zero-order valence-corrected chi connectivity index (χ0v) is 8.95. The first kappa shape index (κ1) is 9.30. The first-order valence-electron chi connectivity index (χ1n) is 4.71. The van der Waals surface area contributed by atoms with Crippen LogP contribution in [0.5, 0.6) is 0 Å². The van der Waals surface area contributed by atoms with Crippen LogP contribution in [-0.4, -0.2) is 10.2 Å². The summed E-state index contributed by atoms with van der Waals surface area (Å²) in [4.78, 5) is 0. The number of fused-ring (bicyclic) bond motifs is 1. The summed E-state index contributed by atoms with van der Waals surface area (Å²) in [5, 5.41) is 8.25. The maximum atomic E-state index is 6.17. The monoisotopic (exact) mass is 233 g/mol. The Kier molecular flexibility index (Phi) is 1.91. The molecule has 0 atom stereocenters. The fourth-order valence-corrected chi connectivity index (χ4v) is 1.97. The molecule has 0 spiro atoms. The summed E-state index contributed by atoms with van der Waals surface area (Å²) in [5.41, 5.74) is 8.38. The minimum absolute atomic E-state index is 0.469. The van der Waals surface area contributed by atoms with Gasteiger partial charge < -0.3 is 10.2 Å². The Bertz CT molecular complexity index is 643. The van der Waals surface area contributed by atoms with Gasteiger partial charge in [0.05, 0.1) is 23.1 Å². The summed E-state index contributed by atoms with van der Waals surface area (Å²) < 4.78 is 5.03. The van der Waals surface area contributed by atoms with Gasteiger partial charge in [0.25, 0.3) is 0 Å². The Morgan fingerprint density at radius 1 is 1.38 bits per heavy atom. The van der Waals surface area contributed by atoms with E-state index in [9.17, 15) is 0 Å². The van der Waals surface area contributed by atoms with Crippen LogP contribution in [0, 0.1) is 0 Å². The standard InChI is InChI=1S/C11H8ClN3O/c12-9-4-10-8(11(13)15-14-10)3-7(9)6-1-2-16-5-6/h1-5H,(H3,13,14,15). The Morgan fingerprint density at radius 3 is 3.00 bits per heavy atom. The third-order valence-electron chi connectivity index (χ3n) is 2.51. The first-order valence-corrected chi connectivity index (χ1v) is 5.09. The molecule has 80 valence electrons. The number of aromatic nitrogens is 2. The number of H-pyrrole nitrogens is 1. The number of anilines is 1. The number of nitrogen functional groups attached to an aromatic ring is 1. The van der Waals surface area contributed by atoms with Crippen molar-refractivity contribution in [3.05, 3.63) is 35.7 Å². The SMILES string of the molecule is Nc1n[nH]c2cc(Cl)c(-c3ccoc3)cc12. The number of rotatable bonds is 1. The molecule has 1 aromatic carbocycles. The molecule has 0 fully saturated rings. The summed E-state index contributed by atoms with van der Waals surface area (Å²) in [5.74, 6) is 0.469. The molecule has 0 saturated heterocycles. The predicted octanol–water partition coefficient (Wildman–Crippen LogP) is 3.06. The quantitative estimate of drug-likeness (QED) is 0.679. The van der Waals surface area contributed by atoms with E-state index in [1.54, 1.807) is 12.5 Å². The second kappa shape index (κ2) is 3.28. The van der Waals surface area contributed by atoms with E-state index in [0.29, 0.717) is 10.8 Å². The van der Waals surface area contributed by atoms with E-state index in [-0.39, 0.29) is 0 Å². The van der Waals surface area contributed by atoms with Crippen molar-refractivity contribution >= 4 is 28.3 Å². The van der Waals surface area contributed by atoms with Crippen LogP contribution < -0.4 is 5.73 Å². The highest BCUT2D eigenvalue weighted by molar-refractivity contribution is 6.34. The second-order valence-corrected chi connectivity index (χ2v) is 3.91. The molecule has 0 aliphatic rings. The summed E-state index contributed by atoms with van der Waals surface area (Å²) in [6.07, 6.45) is 3.25. The number of nitrogens with zero attached hydrogens (tertiary/aromatic N) is 1. The Hall–Kier alpha value is -1.94. The van der Waals surface area contributed by atoms with Crippen molar-refractivity contribution in [1.29, 1.82) is 0 Å². The first-order chi connectivity index (χ1) is 7.75. The molecule has 0 saturated carbocycles.